The molecule has 0 atom stereocenters. The molecule has 0 spiro atoms. The monoisotopic (exact) mass is 368 g/mol. The molecule has 0 amide bonds. The zero-order valence-electron chi connectivity index (χ0n) is 10.3. The minimum absolute atomic E-state index is 0.0532. The average Bonchev–Trinajstić information content (AvgIpc) is 2.38. The van der Waals surface area contributed by atoms with Crippen molar-refractivity contribution in [1.82, 2.24) is 0 Å². The quantitative estimate of drug-likeness (QED) is 0.737. The van der Waals surface area contributed by atoms with Crippen molar-refractivity contribution < 1.29 is 17.5 Å². The first-order valence-electron chi connectivity index (χ1n) is 5.59. The molecule has 0 aromatic heterocycles. The molecule has 0 aliphatic rings. The van der Waals surface area contributed by atoms with Gasteiger partial charge in [0.15, 0.2) is 11.6 Å². The lowest BCUT2D eigenvalue weighted by Gasteiger charge is -2.10. The number of hydrogen-bond donors (Lipinski definition) is 0. The predicted octanol–water partition coefficient (Wildman–Crippen LogP) is 4.64. The van der Waals surface area contributed by atoms with Crippen LogP contribution in [0.3, 0.4) is 0 Å². The first-order chi connectivity index (χ1) is 9.79. The lowest BCUT2D eigenvalue weighted by atomic mass is 10.2. The van der Waals surface area contributed by atoms with Crippen LogP contribution < -0.4 is 4.74 Å². The van der Waals surface area contributed by atoms with Gasteiger partial charge in [-0.25, -0.2) is 12.8 Å². The lowest BCUT2D eigenvalue weighted by Crippen LogP contribution is -2.00. The second-order valence-corrected chi connectivity index (χ2v) is 7.40. The highest BCUT2D eigenvalue weighted by Crippen LogP contribution is 2.28. The molecule has 112 valence electrons. The van der Waals surface area contributed by atoms with Crippen LogP contribution in [0.5, 0.6) is 5.75 Å². The van der Waals surface area contributed by atoms with E-state index < -0.39 is 14.9 Å². The Labute approximate surface area is 135 Å². The number of hydrogen-bond acceptors (Lipinski definition) is 3. The van der Waals surface area contributed by atoms with Crippen LogP contribution in [-0.2, 0) is 15.7 Å². The first kappa shape index (κ1) is 16.4. The van der Waals surface area contributed by atoms with E-state index in [1.807, 2.05) is 0 Å². The third-order valence-corrected chi connectivity index (χ3v) is 4.68. The summed E-state index contributed by atoms with van der Waals surface area (Å²) in [6.45, 7) is -0.0532. The maximum Gasteiger partial charge on any atom is 0.261 e. The van der Waals surface area contributed by atoms with E-state index in [4.69, 9.17) is 38.6 Å². The average molecular weight is 370 g/mol. The number of benzene rings is 2. The van der Waals surface area contributed by atoms with Gasteiger partial charge in [-0.05, 0) is 30.3 Å². The standard InChI is InChI=1S/C13H8Cl3FO3S/c14-10-2-1-3-11(15)9(10)7-20-13-5-4-8(6-12(13)17)21(16,18)19/h1-6H,7H2. The van der Waals surface area contributed by atoms with Gasteiger partial charge in [0.1, 0.15) is 6.61 Å². The van der Waals surface area contributed by atoms with Gasteiger partial charge in [0.25, 0.3) is 9.05 Å². The molecule has 2 aromatic carbocycles. The normalized spacial score (nSPS) is 11.4. The Bertz CT molecular complexity index is 758. The summed E-state index contributed by atoms with van der Waals surface area (Å²) in [6.07, 6.45) is 0. The first-order valence-corrected chi connectivity index (χ1v) is 8.65. The minimum atomic E-state index is -3.99. The molecule has 0 heterocycles. The molecule has 21 heavy (non-hydrogen) atoms. The molecule has 0 saturated carbocycles. The summed E-state index contributed by atoms with van der Waals surface area (Å²) >= 11 is 11.9. The van der Waals surface area contributed by atoms with E-state index in [0.717, 1.165) is 12.1 Å². The van der Waals surface area contributed by atoms with E-state index in [2.05, 4.69) is 0 Å². The summed E-state index contributed by atoms with van der Waals surface area (Å²) in [5.41, 5.74) is 0.509. The summed E-state index contributed by atoms with van der Waals surface area (Å²) in [4.78, 5) is -0.343. The number of ether oxygens (including phenoxy) is 1. The zero-order chi connectivity index (χ0) is 15.6. The summed E-state index contributed by atoms with van der Waals surface area (Å²) in [7, 11) is 1.14. The molecule has 0 aliphatic heterocycles. The van der Waals surface area contributed by atoms with E-state index in [9.17, 15) is 12.8 Å². The van der Waals surface area contributed by atoms with Crippen molar-refractivity contribution in [1.29, 1.82) is 0 Å². The molecule has 2 aromatic rings. The SMILES string of the molecule is O=S(=O)(Cl)c1ccc(OCc2c(Cl)cccc2Cl)c(F)c1. The maximum absolute atomic E-state index is 13.8. The Hall–Kier alpha value is -1.01. The molecular formula is C13H8Cl3FO3S. The van der Waals surface area contributed by atoms with Gasteiger partial charge in [0.2, 0.25) is 0 Å². The van der Waals surface area contributed by atoms with Crippen molar-refractivity contribution in [2.45, 2.75) is 11.5 Å². The van der Waals surface area contributed by atoms with E-state index in [1.165, 1.54) is 6.07 Å². The highest BCUT2D eigenvalue weighted by Gasteiger charge is 2.14. The lowest BCUT2D eigenvalue weighted by molar-refractivity contribution is 0.290. The highest BCUT2D eigenvalue weighted by atomic mass is 35.7. The van der Waals surface area contributed by atoms with Crippen molar-refractivity contribution in [2.24, 2.45) is 0 Å². The van der Waals surface area contributed by atoms with Crippen LogP contribution in [0.1, 0.15) is 5.56 Å². The van der Waals surface area contributed by atoms with E-state index in [1.54, 1.807) is 18.2 Å². The number of halogens is 4. The van der Waals surface area contributed by atoms with Gasteiger partial charge in [-0.3, -0.25) is 0 Å². The van der Waals surface area contributed by atoms with Gasteiger partial charge in [-0.2, -0.15) is 0 Å². The van der Waals surface area contributed by atoms with Gasteiger partial charge >= 0.3 is 0 Å². The van der Waals surface area contributed by atoms with Crippen LogP contribution in [0, 0.1) is 5.82 Å². The Morgan fingerprint density at radius 2 is 1.71 bits per heavy atom. The van der Waals surface area contributed by atoms with Gasteiger partial charge in [-0.1, -0.05) is 29.3 Å². The van der Waals surface area contributed by atoms with Gasteiger partial charge in [0, 0.05) is 26.3 Å². The molecule has 0 aliphatic carbocycles. The second-order valence-electron chi connectivity index (χ2n) is 4.02. The smallest absolute Gasteiger partial charge is 0.261 e. The van der Waals surface area contributed by atoms with Crippen molar-refractivity contribution >= 4 is 42.9 Å². The van der Waals surface area contributed by atoms with Crippen molar-refractivity contribution in [2.75, 3.05) is 0 Å². The molecule has 0 unspecified atom stereocenters. The topological polar surface area (TPSA) is 43.4 Å². The largest absolute Gasteiger partial charge is 0.486 e. The Morgan fingerprint density at radius 3 is 2.24 bits per heavy atom. The molecule has 0 bridgehead atoms. The molecule has 0 radical (unpaired) electrons. The third-order valence-electron chi connectivity index (χ3n) is 2.62. The fraction of sp³-hybridized carbons (Fsp3) is 0.0769. The molecule has 0 fully saturated rings. The van der Waals surface area contributed by atoms with Gasteiger partial charge < -0.3 is 4.74 Å². The van der Waals surface area contributed by atoms with Gasteiger partial charge in [0.05, 0.1) is 4.90 Å². The summed E-state index contributed by atoms with van der Waals surface area (Å²) in [5, 5.41) is 0.783. The molecule has 2 rings (SSSR count). The fourth-order valence-electron chi connectivity index (χ4n) is 1.57. The van der Waals surface area contributed by atoms with Crippen LogP contribution in [0.2, 0.25) is 10.0 Å². The molecular weight excluding hydrogens is 362 g/mol. The van der Waals surface area contributed by atoms with Crippen LogP contribution in [0.15, 0.2) is 41.3 Å². The zero-order valence-corrected chi connectivity index (χ0v) is 13.4. The predicted molar refractivity (Wildman–Crippen MR) is 80.2 cm³/mol. The van der Waals surface area contributed by atoms with Crippen LogP contribution in [0.25, 0.3) is 0 Å². The van der Waals surface area contributed by atoms with Gasteiger partial charge in [-0.15, -0.1) is 0 Å². The van der Waals surface area contributed by atoms with Crippen LogP contribution >= 0.6 is 33.9 Å². The summed E-state index contributed by atoms with van der Waals surface area (Å²) < 4.78 is 41.2. The Balaban J connectivity index is 2.22. The van der Waals surface area contributed by atoms with E-state index in [0.29, 0.717) is 15.6 Å². The van der Waals surface area contributed by atoms with Crippen molar-refractivity contribution in [3.05, 3.63) is 57.8 Å². The van der Waals surface area contributed by atoms with E-state index in [-0.39, 0.29) is 17.3 Å². The minimum Gasteiger partial charge on any atom is -0.486 e. The molecule has 8 heteroatoms. The highest BCUT2D eigenvalue weighted by molar-refractivity contribution is 8.13. The Morgan fingerprint density at radius 1 is 1.10 bits per heavy atom. The maximum atomic E-state index is 13.8. The summed E-state index contributed by atoms with van der Waals surface area (Å²) in [5.74, 6) is -0.977. The third kappa shape index (κ3) is 4.01. The Kier molecular flexibility index (Phi) is 4.99. The van der Waals surface area contributed by atoms with Crippen molar-refractivity contribution in [3.63, 3.8) is 0 Å². The molecule has 0 N–H and O–H groups in total. The summed E-state index contributed by atoms with van der Waals surface area (Å²) in [6, 6.07) is 8.04. The molecule has 3 nitrogen and oxygen atoms in total. The van der Waals surface area contributed by atoms with Crippen LogP contribution in [0.4, 0.5) is 4.39 Å². The van der Waals surface area contributed by atoms with Crippen LogP contribution in [-0.4, -0.2) is 8.42 Å². The fourth-order valence-corrected chi connectivity index (χ4v) is 2.84. The molecule has 0 saturated heterocycles. The van der Waals surface area contributed by atoms with Crippen molar-refractivity contribution in [3.8, 4) is 5.75 Å². The second kappa shape index (κ2) is 6.40. The van der Waals surface area contributed by atoms with E-state index >= 15 is 0 Å². The number of rotatable bonds is 4.